The molecule has 1 heteroatoms. The van der Waals surface area contributed by atoms with Crippen LogP contribution in [0.3, 0.4) is 0 Å². The summed E-state index contributed by atoms with van der Waals surface area (Å²) in [6, 6.07) is 0. The van der Waals surface area contributed by atoms with Crippen LogP contribution in [0.25, 0.3) is 0 Å². The fraction of sp³-hybridized carbons (Fsp3) is 1.00. The second-order valence-electron chi connectivity index (χ2n) is 5.59. The van der Waals surface area contributed by atoms with Crippen molar-refractivity contribution in [2.75, 3.05) is 13.1 Å². The van der Waals surface area contributed by atoms with Crippen molar-refractivity contribution in [1.29, 1.82) is 0 Å². The molecule has 0 aromatic carbocycles. The van der Waals surface area contributed by atoms with Gasteiger partial charge >= 0.3 is 0 Å². The quantitative estimate of drug-likeness (QED) is 0.617. The molecule has 1 aliphatic rings. The minimum Gasteiger partial charge on any atom is -0.316 e. The molecule has 14 heavy (non-hydrogen) atoms. The summed E-state index contributed by atoms with van der Waals surface area (Å²) >= 11 is 0. The van der Waals surface area contributed by atoms with Gasteiger partial charge in [0.05, 0.1) is 0 Å². The van der Waals surface area contributed by atoms with Gasteiger partial charge in [0, 0.05) is 0 Å². The lowest BCUT2D eigenvalue weighted by Gasteiger charge is -2.25. The van der Waals surface area contributed by atoms with Gasteiger partial charge in [-0.1, -0.05) is 40.5 Å². The van der Waals surface area contributed by atoms with Crippen molar-refractivity contribution in [2.45, 2.75) is 47.0 Å². The van der Waals surface area contributed by atoms with E-state index in [0.717, 1.165) is 23.7 Å². The van der Waals surface area contributed by atoms with E-state index < -0.39 is 0 Å². The van der Waals surface area contributed by atoms with Crippen LogP contribution in [0.15, 0.2) is 0 Å². The average Bonchev–Trinajstić information content (AvgIpc) is 2.86. The highest BCUT2D eigenvalue weighted by Gasteiger charge is 2.21. The molecule has 0 radical (unpaired) electrons. The Bertz CT molecular complexity index is 139. The maximum atomic E-state index is 3.62. The molecule has 1 rings (SSSR count). The first kappa shape index (κ1) is 12.0. The smallest absolute Gasteiger partial charge is 0.00156 e. The summed E-state index contributed by atoms with van der Waals surface area (Å²) in [5, 5.41) is 3.62. The Labute approximate surface area is 89.7 Å². The lowest BCUT2D eigenvalue weighted by atomic mass is 9.85. The third-order valence-corrected chi connectivity index (χ3v) is 3.52. The van der Waals surface area contributed by atoms with Crippen molar-refractivity contribution in [3.63, 3.8) is 0 Å². The van der Waals surface area contributed by atoms with Crippen molar-refractivity contribution < 1.29 is 0 Å². The van der Waals surface area contributed by atoms with E-state index in [2.05, 4.69) is 33.0 Å². The normalized spacial score (nSPS) is 17.4. The topological polar surface area (TPSA) is 12.0 Å². The third kappa shape index (κ3) is 4.45. The first-order valence-corrected chi connectivity index (χ1v) is 6.32. The molecule has 0 heterocycles. The lowest BCUT2D eigenvalue weighted by molar-refractivity contribution is 0.275. The van der Waals surface area contributed by atoms with E-state index >= 15 is 0 Å². The van der Waals surface area contributed by atoms with Gasteiger partial charge in [-0.2, -0.15) is 0 Å². The molecule has 0 unspecified atom stereocenters. The monoisotopic (exact) mass is 197 g/mol. The molecule has 0 spiro atoms. The van der Waals surface area contributed by atoms with Gasteiger partial charge in [0.15, 0.2) is 0 Å². The Hall–Kier alpha value is -0.0400. The van der Waals surface area contributed by atoms with Gasteiger partial charge in [0.2, 0.25) is 0 Å². The minimum absolute atomic E-state index is 0.809. The molecule has 84 valence electrons. The summed E-state index contributed by atoms with van der Waals surface area (Å²) in [6.45, 7) is 11.8. The zero-order chi connectivity index (χ0) is 10.6. The fourth-order valence-electron chi connectivity index (χ4n) is 2.22. The predicted molar refractivity (Wildman–Crippen MR) is 63.4 cm³/mol. The molecule has 0 amide bonds. The van der Waals surface area contributed by atoms with Gasteiger partial charge in [-0.05, 0) is 43.2 Å². The van der Waals surface area contributed by atoms with Crippen molar-refractivity contribution in [3.8, 4) is 0 Å². The van der Waals surface area contributed by atoms with E-state index in [1.807, 2.05) is 0 Å². The van der Waals surface area contributed by atoms with Crippen molar-refractivity contribution >= 4 is 0 Å². The highest BCUT2D eigenvalue weighted by molar-refractivity contribution is 4.75. The van der Waals surface area contributed by atoms with Gasteiger partial charge in [-0.3, -0.25) is 0 Å². The average molecular weight is 197 g/mol. The molecule has 1 nitrogen and oxygen atoms in total. The summed E-state index contributed by atoms with van der Waals surface area (Å²) in [4.78, 5) is 0. The van der Waals surface area contributed by atoms with E-state index in [9.17, 15) is 0 Å². The van der Waals surface area contributed by atoms with Crippen LogP contribution in [0.5, 0.6) is 0 Å². The van der Waals surface area contributed by atoms with Crippen LogP contribution >= 0.6 is 0 Å². The molecule has 0 bridgehead atoms. The van der Waals surface area contributed by atoms with Gasteiger partial charge in [-0.15, -0.1) is 0 Å². The first-order valence-electron chi connectivity index (χ1n) is 6.32. The molecule has 0 aliphatic heterocycles. The maximum absolute atomic E-state index is 3.62. The maximum Gasteiger partial charge on any atom is -0.00156 e. The second-order valence-corrected chi connectivity index (χ2v) is 5.59. The highest BCUT2D eigenvalue weighted by atomic mass is 14.9. The third-order valence-electron chi connectivity index (χ3n) is 3.52. The molecule has 0 atom stereocenters. The lowest BCUT2D eigenvalue weighted by Crippen LogP contribution is -2.30. The first-order chi connectivity index (χ1) is 6.61. The highest BCUT2D eigenvalue weighted by Crippen LogP contribution is 2.31. The van der Waals surface area contributed by atoms with E-state index in [1.165, 1.54) is 32.4 Å². The number of nitrogens with one attached hydrogen (secondary N) is 1. The van der Waals surface area contributed by atoms with Crippen LogP contribution < -0.4 is 5.32 Å². The Morgan fingerprint density at radius 3 is 2.07 bits per heavy atom. The SMILES string of the molecule is CC(C)C(CNCCC1CC1)C(C)C. The minimum atomic E-state index is 0.809. The second kappa shape index (κ2) is 5.75. The Kier molecular flexibility index (Phi) is 4.94. The van der Waals surface area contributed by atoms with Gasteiger partial charge in [0.25, 0.3) is 0 Å². The molecule has 0 saturated heterocycles. The molecular weight excluding hydrogens is 170 g/mol. The number of rotatable bonds is 7. The summed E-state index contributed by atoms with van der Waals surface area (Å²) < 4.78 is 0. The zero-order valence-corrected chi connectivity index (χ0v) is 10.3. The summed E-state index contributed by atoms with van der Waals surface area (Å²) in [6.07, 6.45) is 4.38. The van der Waals surface area contributed by atoms with Crippen LogP contribution in [0.4, 0.5) is 0 Å². The number of hydrogen-bond acceptors (Lipinski definition) is 1. The van der Waals surface area contributed by atoms with E-state index in [4.69, 9.17) is 0 Å². The van der Waals surface area contributed by atoms with Crippen LogP contribution in [0.2, 0.25) is 0 Å². The van der Waals surface area contributed by atoms with E-state index in [-0.39, 0.29) is 0 Å². The van der Waals surface area contributed by atoms with Crippen LogP contribution in [0, 0.1) is 23.7 Å². The van der Waals surface area contributed by atoms with Gasteiger partial charge < -0.3 is 5.32 Å². The predicted octanol–water partition coefficient (Wildman–Crippen LogP) is 3.30. The number of hydrogen-bond donors (Lipinski definition) is 1. The largest absolute Gasteiger partial charge is 0.316 e. The molecule has 1 N–H and O–H groups in total. The summed E-state index contributed by atoms with van der Waals surface area (Å²) in [5.74, 6) is 3.53. The zero-order valence-electron chi connectivity index (χ0n) is 10.3. The van der Waals surface area contributed by atoms with Crippen LogP contribution in [-0.2, 0) is 0 Å². The van der Waals surface area contributed by atoms with E-state index in [1.54, 1.807) is 0 Å². The molecule has 0 aromatic rings. The summed E-state index contributed by atoms with van der Waals surface area (Å²) in [5.41, 5.74) is 0. The molecule has 1 aliphatic carbocycles. The van der Waals surface area contributed by atoms with Crippen molar-refractivity contribution in [2.24, 2.45) is 23.7 Å². The van der Waals surface area contributed by atoms with Crippen molar-refractivity contribution in [3.05, 3.63) is 0 Å². The van der Waals surface area contributed by atoms with Crippen LogP contribution in [-0.4, -0.2) is 13.1 Å². The molecule has 1 saturated carbocycles. The van der Waals surface area contributed by atoms with Crippen LogP contribution in [0.1, 0.15) is 47.0 Å². The Balaban J connectivity index is 2.05. The molecular formula is C13H27N. The molecule has 0 aromatic heterocycles. The Morgan fingerprint density at radius 1 is 1.07 bits per heavy atom. The van der Waals surface area contributed by atoms with E-state index in [0.29, 0.717) is 0 Å². The van der Waals surface area contributed by atoms with Crippen molar-refractivity contribution in [1.82, 2.24) is 5.32 Å². The standard InChI is InChI=1S/C13H27N/c1-10(2)13(11(3)4)9-14-8-7-12-5-6-12/h10-14H,5-9H2,1-4H3. The molecule has 1 fully saturated rings. The fourth-order valence-corrected chi connectivity index (χ4v) is 2.22. The van der Waals surface area contributed by atoms with Gasteiger partial charge in [0.1, 0.15) is 0 Å². The van der Waals surface area contributed by atoms with Gasteiger partial charge in [-0.25, -0.2) is 0 Å². The Morgan fingerprint density at radius 2 is 1.64 bits per heavy atom. The summed E-state index contributed by atoms with van der Waals surface area (Å²) in [7, 11) is 0.